The highest BCUT2D eigenvalue weighted by molar-refractivity contribution is 6.33. The lowest BCUT2D eigenvalue weighted by molar-refractivity contribution is -0.119. The molecule has 0 heterocycles. The van der Waals surface area contributed by atoms with Crippen molar-refractivity contribution in [2.45, 2.75) is 0 Å². The fourth-order valence-electron chi connectivity index (χ4n) is 1.76. The number of halogens is 2. The number of nitrogens with one attached hydrogen (secondary N) is 1. The molecule has 1 amide bonds. The van der Waals surface area contributed by atoms with Crippen LogP contribution in [-0.4, -0.2) is 18.5 Å². The van der Waals surface area contributed by atoms with Crippen molar-refractivity contribution in [1.82, 2.24) is 0 Å². The maximum Gasteiger partial charge on any atom is 0.343 e. The molecule has 0 radical (unpaired) electrons. The number of benzene rings is 2. The first-order valence-corrected chi connectivity index (χ1v) is 6.80. The van der Waals surface area contributed by atoms with Crippen LogP contribution in [0.15, 0.2) is 42.5 Å². The van der Waals surface area contributed by atoms with Gasteiger partial charge in [0.05, 0.1) is 16.7 Å². The molecule has 23 heavy (non-hydrogen) atoms. The van der Waals surface area contributed by atoms with Gasteiger partial charge in [-0.25, -0.2) is 9.18 Å². The molecule has 0 aliphatic heterocycles. The van der Waals surface area contributed by atoms with E-state index >= 15 is 0 Å². The van der Waals surface area contributed by atoms with Gasteiger partial charge in [0.25, 0.3) is 5.91 Å². The SMILES string of the molecule is N#Cc1cccc(NC(=O)COC(=O)c2c(F)cccc2Cl)c1. The van der Waals surface area contributed by atoms with E-state index in [1.165, 1.54) is 18.2 Å². The Balaban J connectivity index is 1.96. The van der Waals surface area contributed by atoms with Gasteiger partial charge in [-0.15, -0.1) is 0 Å². The van der Waals surface area contributed by atoms with Gasteiger partial charge in [0, 0.05) is 5.69 Å². The molecule has 0 aliphatic carbocycles. The third-order valence-corrected chi connectivity index (χ3v) is 3.09. The minimum Gasteiger partial charge on any atom is -0.452 e. The summed E-state index contributed by atoms with van der Waals surface area (Å²) in [5.74, 6) is -2.49. The van der Waals surface area contributed by atoms with Gasteiger partial charge >= 0.3 is 5.97 Å². The number of anilines is 1. The Morgan fingerprint density at radius 2 is 2.00 bits per heavy atom. The summed E-state index contributed by atoms with van der Waals surface area (Å²) in [6, 6.07) is 11.9. The molecule has 2 rings (SSSR count). The Morgan fingerprint density at radius 3 is 2.70 bits per heavy atom. The molecule has 5 nitrogen and oxygen atoms in total. The molecule has 0 spiro atoms. The summed E-state index contributed by atoms with van der Waals surface area (Å²) in [5.41, 5.74) is 0.334. The van der Waals surface area contributed by atoms with Crippen molar-refractivity contribution in [2.24, 2.45) is 0 Å². The first kappa shape index (κ1) is 16.5. The monoisotopic (exact) mass is 332 g/mol. The molecule has 0 saturated carbocycles. The summed E-state index contributed by atoms with van der Waals surface area (Å²) in [6.45, 7) is -0.611. The molecule has 0 fully saturated rings. The van der Waals surface area contributed by atoms with Gasteiger partial charge in [0.15, 0.2) is 6.61 Å². The zero-order valence-corrected chi connectivity index (χ0v) is 12.4. The van der Waals surface area contributed by atoms with Crippen molar-refractivity contribution in [3.05, 3.63) is 64.4 Å². The molecular formula is C16H10ClFN2O3. The van der Waals surface area contributed by atoms with Gasteiger partial charge in [-0.3, -0.25) is 4.79 Å². The number of esters is 1. The van der Waals surface area contributed by atoms with E-state index in [1.807, 2.05) is 6.07 Å². The second-order valence-electron chi connectivity index (χ2n) is 4.41. The molecule has 0 unspecified atom stereocenters. The van der Waals surface area contributed by atoms with Crippen LogP contribution >= 0.6 is 11.6 Å². The first-order chi connectivity index (χ1) is 11.0. The number of nitriles is 1. The van der Waals surface area contributed by atoms with Crippen molar-refractivity contribution in [1.29, 1.82) is 5.26 Å². The van der Waals surface area contributed by atoms with Gasteiger partial charge in [-0.05, 0) is 30.3 Å². The van der Waals surface area contributed by atoms with Crippen molar-refractivity contribution in [3.63, 3.8) is 0 Å². The van der Waals surface area contributed by atoms with E-state index in [0.717, 1.165) is 6.07 Å². The fraction of sp³-hybridized carbons (Fsp3) is 0.0625. The van der Waals surface area contributed by atoms with Crippen molar-refractivity contribution >= 4 is 29.2 Å². The van der Waals surface area contributed by atoms with Crippen LogP contribution in [0.25, 0.3) is 0 Å². The lowest BCUT2D eigenvalue weighted by Gasteiger charge is -2.08. The van der Waals surface area contributed by atoms with Gasteiger partial charge in [-0.1, -0.05) is 23.7 Å². The normalized spacial score (nSPS) is 9.78. The van der Waals surface area contributed by atoms with Gasteiger partial charge in [-0.2, -0.15) is 5.26 Å². The van der Waals surface area contributed by atoms with Crippen LogP contribution < -0.4 is 5.32 Å². The van der Waals surface area contributed by atoms with Gasteiger partial charge in [0.1, 0.15) is 11.4 Å². The number of hydrogen-bond acceptors (Lipinski definition) is 4. The van der Waals surface area contributed by atoms with E-state index in [4.69, 9.17) is 21.6 Å². The Morgan fingerprint density at radius 1 is 1.26 bits per heavy atom. The van der Waals surface area contributed by atoms with E-state index in [9.17, 15) is 14.0 Å². The smallest absolute Gasteiger partial charge is 0.343 e. The summed E-state index contributed by atoms with van der Waals surface area (Å²) < 4.78 is 18.3. The van der Waals surface area contributed by atoms with Crippen LogP contribution in [-0.2, 0) is 9.53 Å². The van der Waals surface area contributed by atoms with Crippen LogP contribution in [0.1, 0.15) is 15.9 Å². The number of ether oxygens (including phenoxy) is 1. The third-order valence-electron chi connectivity index (χ3n) is 2.78. The number of rotatable bonds is 4. The summed E-state index contributed by atoms with van der Waals surface area (Å²) >= 11 is 5.73. The van der Waals surface area contributed by atoms with Gasteiger partial charge in [0.2, 0.25) is 0 Å². The van der Waals surface area contributed by atoms with E-state index in [1.54, 1.807) is 18.2 Å². The van der Waals surface area contributed by atoms with Crippen molar-refractivity contribution < 1.29 is 18.7 Å². The Bertz CT molecular complexity index is 782. The van der Waals surface area contributed by atoms with Crippen LogP contribution in [0, 0.1) is 17.1 Å². The van der Waals surface area contributed by atoms with Gasteiger partial charge < -0.3 is 10.1 Å². The summed E-state index contributed by atoms with van der Waals surface area (Å²) in [4.78, 5) is 23.5. The zero-order valence-electron chi connectivity index (χ0n) is 11.7. The molecule has 1 N–H and O–H groups in total. The average molecular weight is 333 g/mol. The minimum absolute atomic E-state index is 0.0999. The molecule has 0 atom stereocenters. The molecule has 0 saturated heterocycles. The summed E-state index contributed by atoms with van der Waals surface area (Å²) in [6.07, 6.45) is 0. The zero-order chi connectivity index (χ0) is 16.8. The molecule has 7 heteroatoms. The second kappa shape index (κ2) is 7.38. The Kier molecular flexibility index (Phi) is 5.28. The van der Waals surface area contributed by atoms with Crippen LogP contribution in [0.3, 0.4) is 0 Å². The molecular weight excluding hydrogens is 323 g/mol. The molecule has 2 aromatic rings. The van der Waals surface area contributed by atoms with E-state index < -0.39 is 29.9 Å². The number of carbonyl (C=O) groups is 2. The topological polar surface area (TPSA) is 79.2 Å². The second-order valence-corrected chi connectivity index (χ2v) is 4.82. The maximum absolute atomic E-state index is 13.5. The number of carbonyl (C=O) groups excluding carboxylic acids is 2. The molecule has 0 aromatic heterocycles. The fourth-order valence-corrected chi connectivity index (χ4v) is 2.00. The number of hydrogen-bond donors (Lipinski definition) is 1. The predicted octanol–water partition coefficient (Wildman–Crippen LogP) is 3.15. The first-order valence-electron chi connectivity index (χ1n) is 6.42. The Labute approximate surface area is 136 Å². The van der Waals surface area contributed by atoms with Crippen LogP contribution in [0.2, 0.25) is 5.02 Å². The van der Waals surface area contributed by atoms with E-state index in [-0.39, 0.29) is 5.02 Å². The highest BCUT2D eigenvalue weighted by Crippen LogP contribution is 2.19. The average Bonchev–Trinajstić information content (AvgIpc) is 2.53. The molecule has 2 aromatic carbocycles. The predicted molar refractivity (Wildman–Crippen MR) is 81.5 cm³/mol. The lowest BCUT2D eigenvalue weighted by atomic mass is 10.2. The molecule has 0 aliphatic rings. The van der Waals surface area contributed by atoms with E-state index in [0.29, 0.717) is 11.3 Å². The quantitative estimate of drug-likeness (QED) is 0.872. The summed E-state index contributed by atoms with van der Waals surface area (Å²) in [5, 5.41) is 11.1. The van der Waals surface area contributed by atoms with E-state index in [2.05, 4.69) is 5.32 Å². The van der Waals surface area contributed by atoms with Crippen LogP contribution in [0.5, 0.6) is 0 Å². The lowest BCUT2D eigenvalue weighted by Crippen LogP contribution is -2.21. The molecule has 116 valence electrons. The van der Waals surface area contributed by atoms with Crippen molar-refractivity contribution in [3.8, 4) is 6.07 Å². The third kappa shape index (κ3) is 4.28. The van der Waals surface area contributed by atoms with Crippen LogP contribution in [0.4, 0.5) is 10.1 Å². The number of amides is 1. The standard InChI is InChI=1S/C16H10ClFN2O3/c17-12-5-2-6-13(18)15(12)16(22)23-9-14(21)20-11-4-1-3-10(7-11)8-19/h1-7H,9H2,(H,20,21). The summed E-state index contributed by atoms with van der Waals surface area (Å²) in [7, 11) is 0. The Hall–Kier alpha value is -2.91. The minimum atomic E-state index is -1.03. The molecule has 0 bridgehead atoms. The van der Waals surface area contributed by atoms with Crippen molar-refractivity contribution in [2.75, 3.05) is 11.9 Å². The highest BCUT2D eigenvalue weighted by Gasteiger charge is 2.18. The highest BCUT2D eigenvalue weighted by atomic mass is 35.5. The maximum atomic E-state index is 13.5. The number of nitrogens with zero attached hydrogens (tertiary/aromatic N) is 1. The largest absolute Gasteiger partial charge is 0.452 e.